The fourth-order valence-electron chi connectivity index (χ4n) is 2.13. The van der Waals surface area contributed by atoms with E-state index < -0.39 is 44.6 Å². The van der Waals surface area contributed by atoms with Crippen LogP contribution in [0.15, 0.2) is 42.5 Å². The van der Waals surface area contributed by atoms with Gasteiger partial charge in [-0.15, -0.1) is 0 Å². The highest BCUT2D eigenvalue weighted by Gasteiger charge is 2.39. The quantitative estimate of drug-likeness (QED) is 0.734. The van der Waals surface area contributed by atoms with Gasteiger partial charge in [0.1, 0.15) is 12.4 Å². The summed E-state index contributed by atoms with van der Waals surface area (Å²) in [5.74, 6) is 0.178. The minimum atomic E-state index is -4.87. The monoisotopic (exact) mass is 425 g/mol. The van der Waals surface area contributed by atoms with Gasteiger partial charge in [0.25, 0.3) is 10.0 Å². The number of nitrogens with one attached hydrogen (secondary N) is 1. The first-order chi connectivity index (χ1) is 13.4. The van der Waals surface area contributed by atoms with Gasteiger partial charge >= 0.3 is 6.18 Å². The summed E-state index contributed by atoms with van der Waals surface area (Å²) < 4.78 is 71.0. The average molecular weight is 425 g/mol. The maximum absolute atomic E-state index is 13.0. The van der Waals surface area contributed by atoms with Crippen LogP contribution < -0.4 is 9.46 Å². The van der Waals surface area contributed by atoms with Gasteiger partial charge in [-0.1, -0.05) is 0 Å². The minimum absolute atomic E-state index is 0.178. The highest BCUT2D eigenvalue weighted by molar-refractivity contribution is 7.93. The lowest BCUT2D eigenvalue weighted by atomic mass is 10.1. The van der Waals surface area contributed by atoms with Crippen LogP contribution in [-0.2, 0) is 16.2 Å². The average Bonchev–Trinajstić information content (AvgIpc) is 2.65. The third-order valence-electron chi connectivity index (χ3n) is 3.77. The van der Waals surface area contributed by atoms with E-state index in [2.05, 4.69) is 0 Å². The van der Waals surface area contributed by atoms with Gasteiger partial charge in [-0.25, -0.2) is 8.42 Å². The number of sulfonamides is 1. The van der Waals surface area contributed by atoms with Crippen molar-refractivity contribution in [2.24, 2.45) is 0 Å². The molecule has 0 radical (unpaired) electrons. The lowest BCUT2D eigenvalue weighted by Crippen LogP contribution is -2.44. The van der Waals surface area contributed by atoms with Gasteiger partial charge in [0, 0.05) is 5.69 Å². The van der Waals surface area contributed by atoms with Crippen molar-refractivity contribution >= 4 is 15.7 Å². The fraction of sp³-hybridized carbons (Fsp3) is 0.222. The van der Waals surface area contributed by atoms with Crippen molar-refractivity contribution in [1.29, 1.82) is 10.5 Å². The molecule has 29 heavy (non-hydrogen) atoms. The number of anilines is 1. The molecule has 0 bridgehead atoms. The fourth-order valence-corrected chi connectivity index (χ4v) is 3.00. The molecule has 2 aromatic rings. The molecular formula is C18H14F3N3O4S. The number of hydrogen-bond acceptors (Lipinski definition) is 6. The molecule has 0 spiro atoms. The van der Waals surface area contributed by atoms with Crippen LogP contribution in [0.5, 0.6) is 5.75 Å². The molecule has 0 heterocycles. The predicted octanol–water partition coefficient (Wildman–Crippen LogP) is 2.98. The van der Waals surface area contributed by atoms with E-state index in [1.807, 2.05) is 10.8 Å². The summed E-state index contributed by atoms with van der Waals surface area (Å²) in [4.78, 5) is -2.51. The third kappa shape index (κ3) is 5.16. The summed E-state index contributed by atoms with van der Waals surface area (Å²) in [7, 11) is -4.60. The third-order valence-corrected chi connectivity index (χ3v) is 5.55. The number of alkyl halides is 3. The Morgan fingerprint density at radius 3 is 2.24 bits per heavy atom. The summed E-state index contributed by atoms with van der Waals surface area (Å²) in [5.41, 5.74) is -2.11. The molecule has 0 saturated carbocycles. The molecule has 11 heteroatoms. The van der Waals surface area contributed by atoms with E-state index in [1.165, 1.54) is 30.3 Å². The summed E-state index contributed by atoms with van der Waals surface area (Å²) >= 11 is 0. The molecule has 0 unspecified atom stereocenters. The summed E-state index contributed by atoms with van der Waals surface area (Å²) in [6, 6.07) is 11.2. The zero-order chi connectivity index (χ0) is 21.9. The van der Waals surface area contributed by atoms with Crippen LogP contribution in [-0.4, -0.2) is 25.1 Å². The Labute approximate surface area is 164 Å². The second-order valence-electron chi connectivity index (χ2n) is 6.08. The Kier molecular flexibility index (Phi) is 6.07. The molecule has 0 aliphatic rings. The van der Waals surface area contributed by atoms with E-state index in [-0.39, 0.29) is 5.75 Å². The van der Waals surface area contributed by atoms with E-state index in [0.29, 0.717) is 11.6 Å². The second kappa shape index (κ2) is 7.99. The highest BCUT2D eigenvalue weighted by atomic mass is 32.2. The molecule has 0 aliphatic carbocycles. The lowest BCUT2D eigenvalue weighted by molar-refractivity contribution is -0.137. The smallest absolute Gasteiger partial charge is 0.417 e. The van der Waals surface area contributed by atoms with Crippen molar-refractivity contribution in [2.75, 3.05) is 11.3 Å². The molecule has 1 atom stereocenters. The van der Waals surface area contributed by atoms with Crippen molar-refractivity contribution in [2.45, 2.75) is 18.0 Å². The first kappa shape index (κ1) is 22.0. The Bertz CT molecular complexity index is 1080. The van der Waals surface area contributed by atoms with Crippen molar-refractivity contribution < 1.29 is 31.4 Å². The molecule has 0 aliphatic heterocycles. The van der Waals surface area contributed by atoms with Gasteiger partial charge in [-0.2, -0.15) is 23.7 Å². The van der Waals surface area contributed by atoms with Crippen LogP contribution in [0.3, 0.4) is 0 Å². The van der Waals surface area contributed by atoms with E-state index in [4.69, 9.17) is 15.3 Å². The number of benzene rings is 2. The Hall–Kier alpha value is -3.28. The molecular weight excluding hydrogens is 411 g/mol. The van der Waals surface area contributed by atoms with Gasteiger partial charge in [0.05, 0.1) is 28.8 Å². The van der Waals surface area contributed by atoms with Crippen LogP contribution in [0.4, 0.5) is 18.9 Å². The number of ether oxygens (including phenoxy) is 1. The zero-order valence-electron chi connectivity index (χ0n) is 14.9. The first-order valence-electron chi connectivity index (χ1n) is 7.89. The Morgan fingerprint density at radius 2 is 1.72 bits per heavy atom. The van der Waals surface area contributed by atoms with Crippen molar-refractivity contribution in [3.63, 3.8) is 0 Å². The van der Waals surface area contributed by atoms with Crippen molar-refractivity contribution in [1.82, 2.24) is 0 Å². The minimum Gasteiger partial charge on any atom is -0.489 e. The molecule has 152 valence electrons. The van der Waals surface area contributed by atoms with Crippen LogP contribution >= 0.6 is 0 Å². The lowest BCUT2D eigenvalue weighted by Gasteiger charge is -2.24. The Balaban J connectivity index is 2.20. The van der Waals surface area contributed by atoms with Crippen LogP contribution in [0.25, 0.3) is 0 Å². The predicted molar refractivity (Wildman–Crippen MR) is 96.0 cm³/mol. The highest BCUT2D eigenvalue weighted by Crippen LogP contribution is 2.34. The molecule has 2 N–H and O–H groups in total. The van der Waals surface area contributed by atoms with Gasteiger partial charge < -0.3 is 9.84 Å². The van der Waals surface area contributed by atoms with E-state index in [0.717, 1.165) is 19.1 Å². The number of nitriles is 2. The standard InChI is InChI=1S/C18H14F3N3O4S/c1-17(25,11-28-15-6-2-12(9-22)3-7-15)29(26,27)24-14-5-4-13(10-23)16(8-14)18(19,20)21/h2-8,24-25H,11H2,1H3/t17-/m1/s1. The largest absolute Gasteiger partial charge is 0.489 e. The normalized spacial score (nSPS) is 13.6. The summed E-state index contributed by atoms with van der Waals surface area (Å²) in [5, 5.41) is 27.8. The maximum atomic E-state index is 13.0. The van der Waals surface area contributed by atoms with E-state index in [9.17, 15) is 26.7 Å². The molecule has 0 fully saturated rings. The second-order valence-corrected chi connectivity index (χ2v) is 8.17. The SMILES string of the molecule is C[C@](O)(COc1ccc(C#N)cc1)S(=O)(=O)Nc1ccc(C#N)c(C(F)(F)F)c1. The molecule has 7 nitrogen and oxygen atoms in total. The van der Waals surface area contributed by atoms with Crippen LogP contribution in [0.1, 0.15) is 23.6 Å². The number of rotatable bonds is 6. The summed E-state index contributed by atoms with van der Waals surface area (Å²) in [6.45, 7) is 0.171. The molecule has 0 amide bonds. The topological polar surface area (TPSA) is 123 Å². The first-order valence-corrected chi connectivity index (χ1v) is 9.37. The molecule has 0 aromatic heterocycles. The zero-order valence-corrected chi connectivity index (χ0v) is 15.7. The van der Waals surface area contributed by atoms with E-state index in [1.54, 1.807) is 0 Å². The van der Waals surface area contributed by atoms with Crippen molar-refractivity contribution in [3.8, 4) is 17.9 Å². The molecule has 2 aromatic carbocycles. The summed E-state index contributed by atoms with van der Waals surface area (Å²) in [6.07, 6.45) is -4.87. The molecule has 2 rings (SSSR count). The van der Waals surface area contributed by atoms with Gasteiger partial charge in [0.15, 0.2) is 0 Å². The van der Waals surface area contributed by atoms with Gasteiger partial charge in [-0.05, 0) is 49.4 Å². The maximum Gasteiger partial charge on any atom is 0.417 e. The van der Waals surface area contributed by atoms with Crippen LogP contribution in [0.2, 0.25) is 0 Å². The Morgan fingerprint density at radius 1 is 1.10 bits per heavy atom. The van der Waals surface area contributed by atoms with Gasteiger partial charge in [0.2, 0.25) is 4.93 Å². The van der Waals surface area contributed by atoms with Crippen molar-refractivity contribution in [3.05, 3.63) is 59.2 Å². The number of aliphatic hydroxyl groups is 1. The van der Waals surface area contributed by atoms with Gasteiger partial charge in [-0.3, -0.25) is 4.72 Å². The number of halogens is 3. The van der Waals surface area contributed by atoms with Crippen LogP contribution in [0, 0.1) is 22.7 Å². The molecule has 0 saturated heterocycles. The number of hydrogen-bond donors (Lipinski definition) is 2. The number of nitrogens with zero attached hydrogens (tertiary/aromatic N) is 2. The van der Waals surface area contributed by atoms with E-state index >= 15 is 0 Å².